The van der Waals surface area contributed by atoms with E-state index in [1.165, 1.54) is 12.0 Å². The Hall–Kier alpha value is 0.01000. The first-order valence-corrected chi connectivity index (χ1v) is 6.73. The van der Waals surface area contributed by atoms with Gasteiger partial charge in [0.05, 0.1) is 10.0 Å². The van der Waals surface area contributed by atoms with Gasteiger partial charge in [-0.1, -0.05) is 29.3 Å². The van der Waals surface area contributed by atoms with Gasteiger partial charge in [0.1, 0.15) is 0 Å². The van der Waals surface area contributed by atoms with Crippen LogP contribution in [0, 0.1) is 0 Å². The van der Waals surface area contributed by atoms with Crippen molar-refractivity contribution in [3.05, 3.63) is 33.8 Å². The van der Waals surface area contributed by atoms with Crippen molar-refractivity contribution in [2.75, 3.05) is 20.1 Å². The zero-order valence-electron chi connectivity index (χ0n) is 10.6. The molecule has 0 amide bonds. The number of rotatable bonds is 3. The average molecular weight is 310 g/mol. The summed E-state index contributed by atoms with van der Waals surface area (Å²) in [5.74, 6) is 0. The predicted octanol–water partition coefficient (Wildman–Crippen LogP) is 3.77. The lowest BCUT2D eigenvalue weighted by Gasteiger charge is -2.25. The van der Waals surface area contributed by atoms with E-state index in [1.54, 1.807) is 0 Å². The second kappa shape index (κ2) is 6.97. The average Bonchev–Trinajstić information content (AvgIpc) is 2.80. The summed E-state index contributed by atoms with van der Waals surface area (Å²) in [4.78, 5) is 2.47. The first kappa shape index (κ1) is 16.1. The topological polar surface area (TPSA) is 15.3 Å². The monoisotopic (exact) mass is 308 g/mol. The van der Waals surface area contributed by atoms with Crippen LogP contribution < -0.4 is 5.32 Å². The van der Waals surface area contributed by atoms with E-state index in [2.05, 4.69) is 23.2 Å². The minimum absolute atomic E-state index is 0. The highest BCUT2D eigenvalue weighted by molar-refractivity contribution is 6.42. The van der Waals surface area contributed by atoms with Crippen LogP contribution in [0.5, 0.6) is 0 Å². The van der Waals surface area contributed by atoms with Gasteiger partial charge in [-0.15, -0.1) is 12.4 Å². The van der Waals surface area contributed by atoms with Gasteiger partial charge in [-0.05, 0) is 38.1 Å². The molecule has 1 aromatic carbocycles. The van der Waals surface area contributed by atoms with Crippen molar-refractivity contribution in [3.63, 3.8) is 0 Å². The fourth-order valence-corrected chi connectivity index (χ4v) is 2.66. The lowest BCUT2D eigenvalue weighted by molar-refractivity contribution is 0.257. The number of nitrogens with one attached hydrogen (secondary N) is 1. The molecule has 2 rings (SSSR count). The Morgan fingerprint density at radius 2 is 2.06 bits per heavy atom. The van der Waals surface area contributed by atoms with Crippen LogP contribution in [0.3, 0.4) is 0 Å². The summed E-state index contributed by atoms with van der Waals surface area (Å²) in [6.45, 7) is 4.45. The molecule has 0 radical (unpaired) electrons. The number of likely N-dealkylation sites (N-methyl/N-ethyl adjacent to an activating group) is 1. The van der Waals surface area contributed by atoms with Gasteiger partial charge >= 0.3 is 0 Å². The van der Waals surface area contributed by atoms with Crippen molar-refractivity contribution < 1.29 is 0 Å². The highest BCUT2D eigenvalue weighted by Gasteiger charge is 2.25. The van der Waals surface area contributed by atoms with Gasteiger partial charge in [-0.25, -0.2) is 0 Å². The van der Waals surface area contributed by atoms with Gasteiger partial charge in [-0.3, -0.25) is 4.90 Å². The zero-order valence-corrected chi connectivity index (χ0v) is 12.9. The normalized spacial score (nSPS) is 21.7. The molecule has 2 atom stereocenters. The summed E-state index contributed by atoms with van der Waals surface area (Å²) >= 11 is 12.0. The largest absolute Gasteiger partial charge is 0.316 e. The number of hydrogen-bond acceptors (Lipinski definition) is 2. The number of likely N-dealkylation sites (tertiary alicyclic amines) is 1. The number of halogens is 3. The minimum atomic E-state index is 0. The summed E-state index contributed by atoms with van der Waals surface area (Å²) in [7, 11) is 2.03. The lowest BCUT2D eigenvalue weighted by atomic mass is 10.1. The Labute approximate surface area is 125 Å². The maximum Gasteiger partial charge on any atom is 0.0595 e. The van der Waals surface area contributed by atoms with Crippen molar-refractivity contribution in [2.45, 2.75) is 25.4 Å². The van der Waals surface area contributed by atoms with Crippen molar-refractivity contribution in [2.24, 2.45) is 0 Å². The molecule has 1 aromatic rings. The molecule has 2 nitrogen and oxygen atoms in total. The molecule has 18 heavy (non-hydrogen) atoms. The molecular weight excluding hydrogens is 291 g/mol. The van der Waals surface area contributed by atoms with E-state index in [9.17, 15) is 0 Å². The maximum atomic E-state index is 6.06. The quantitative estimate of drug-likeness (QED) is 0.914. The molecule has 1 fully saturated rings. The molecule has 0 bridgehead atoms. The van der Waals surface area contributed by atoms with Crippen LogP contribution in [-0.4, -0.2) is 31.1 Å². The summed E-state index contributed by atoms with van der Waals surface area (Å²) in [6, 6.07) is 6.91. The standard InChI is InChI=1S/C13H18Cl2N2.ClH/c1-9(17-6-5-11(8-17)16-2)10-3-4-12(14)13(15)7-10;/h3-4,7,9,11,16H,5-6,8H2,1-2H3;1H. The third-order valence-electron chi connectivity index (χ3n) is 3.60. The molecule has 0 spiro atoms. The minimum Gasteiger partial charge on any atom is -0.316 e. The SMILES string of the molecule is CNC1CCN(C(C)c2ccc(Cl)c(Cl)c2)C1.Cl. The Kier molecular flexibility index (Phi) is 6.22. The van der Waals surface area contributed by atoms with Crippen LogP contribution in [0.1, 0.15) is 24.9 Å². The van der Waals surface area contributed by atoms with Crippen LogP contribution in [0.25, 0.3) is 0 Å². The van der Waals surface area contributed by atoms with Crippen LogP contribution in [0.4, 0.5) is 0 Å². The third-order valence-corrected chi connectivity index (χ3v) is 4.34. The first-order chi connectivity index (χ1) is 8.11. The van der Waals surface area contributed by atoms with Crippen LogP contribution >= 0.6 is 35.6 Å². The van der Waals surface area contributed by atoms with Crippen LogP contribution in [0.2, 0.25) is 10.0 Å². The Morgan fingerprint density at radius 1 is 1.33 bits per heavy atom. The predicted molar refractivity (Wildman–Crippen MR) is 81.2 cm³/mol. The third kappa shape index (κ3) is 3.52. The summed E-state index contributed by atoms with van der Waals surface area (Å²) < 4.78 is 0. The molecule has 0 aromatic heterocycles. The molecule has 0 aliphatic carbocycles. The second-order valence-corrected chi connectivity index (χ2v) is 5.43. The van der Waals surface area contributed by atoms with Crippen LogP contribution in [0.15, 0.2) is 18.2 Å². The smallest absolute Gasteiger partial charge is 0.0595 e. The molecule has 1 aliphatic rings. The number of hydrogen-bond donors (Lipinski definition) is 1. The number of nitrogens with zero attached hydrogens (tertiary/aromatic N) is 1. The summed E-state index contributed by atoms with van der Waals surface area (Å²) in [6.07, 6.45) is 1.21. The Morgan fingerprint density at radius 3 is 2.61 bits per heavy atom. The Balaban J connectivity index is 0.00000162. The van der Waals surface area contributed by atoms with Gasteiger partial charge < -0.3 is 5.32 Å². The molecular formula is C13H19Cl3N2. The molecule has 1 N–H and O–H groups in total. The highest BCUT2D eigenvalue weighted by Crippen LogP contribution is 2.29. The van der Waals surface area contributed by atoms with Crippen molar-refractivity contribution >= 4 is 35.6 Å². The van der Waals surface area contributed by atoms with E-state index >= 15 is 0 Å². The first-order valence-electron chi connectivity index (χ1n) is 5.98. The van der Waals surface area contributed by atoms with Gasteiger partial charge in [0.15, 0.2) is 0 Å². The molecule has 102 valence electrons. The van der Waals surface area contributed by atoms with Crippen molar-refractivity contribution in [3.8, 4) is 0 Å². The van der Waals surface area contributed by atoms with Crippen molar-refractivity contribution in [1.29, 1.82) is 0 Å². The van der Waals surface area contributed by atoms with E-state index in [0.717, 1.165) is 13.1 Å². The van der Waals surface area contributed by atoms with E-state index < -0.39 is 0 Å². The maximum absolute atomic E-state index is 6.06. The summed E-state index contributed by atoms with van der Waals surface area (Å²) in [5, 5.41) is 4.59. The van der Waals surface area contributed by atoms with E-state index in [-0.39, 0.29) is 12.4 Å². The Bertz CT molecular complexity index is 398. The van der Waals surface area contributed by atoms with Gasteiger partial charge in [0, 0.05) is 25.2 Å². The number of benzene rings is 1. The molecule has 0 saturated carbocycles. The zero-order chi connectivity index (χ0) is 12.4. The van der Waals surface area contributed by atoms with Crippen LogP contribution in [-0.2, 0) is 0 Å². The van der Waals surface area contributed by atoms with Gasteiger partial charge in [-0.2, -0.15) is 0 Å². The summed E-state index contributed by atoms with van der Waals surface area (Å²) in [5.41, 5.74) is 1.23. The van der Waals surface area contributed by atoms with E-state index in [1.807, 2.05) is 19.2 Å². The van der Waals surface area contributed by atoms with Crippen molar-refractivity contribution in [1.82, 2.24) is 10.2 Å². The van der Waals surface area contributed by atoms with E-state index in [0.29, 0.717) is 22.1 Å². The van der Waals surface area contributed by atoms with Gasteiger partial charge in [0.25, 0.3) is 0 Å². The van der Waals surface area contributed by atoms with Gasteiger partial charge in [0.2, 0.25) is 0 Å². The molecule has 1 aliphatic heterocycles. The highest BCUT2D eigenvalue weighted by atomic mass is 35.5. The fraction of sp³-hybridized carbons (Fsp3) is 0.538. The molecule has 1 heterocycles. The van der Waals surface area contributed by atoms with E-state index in [4.69, 9.17) is 23.2 Å². The second-order valence-electron chi connectivity index (χ2n) is 4.62. The molecule has 1 saturated heterocycles. The lowest BCUT2D eigenvalue weighted by Crippen LogP contribution is -2.31. The molecule has 5 heteroatoms. The fourth-order valence-electron chi connectivity index (χ4n) is 2.36. The molecule has 2 unspecified atom stereocenters.